The first-order valence-corrected chi connectivity index (χ1v) is 10.1. The SMILES string of the molecule is C=CCC=COC(=O)[C@H](Cc1ccc2c(C=O)ccc(OC)c2n1)NC(=O)OC(C)(C)C. The Morgan fingerprint density at radius 2 is 1.97 bits per heavy atom. The predicted molar refractivity (Wildman–Crippen MR) is 121 cm³/mol. The summed E-state index contributed by atoms with van der Waals surface area (Å²) in [7, 11) is 1.50. The summed E-state index contributed by atoms with van der Waals surface area (Å²) in [6.45, 7) is 8.75. The first kappa shape index (κ1) is 24.6. The second-order valence-corrected chi connectivity index (χ2v) is 7.91. The number of aromatic nitrogens is 1. The third-order valence-corrected chi connectivity index (χ3v) is 4.23. The van der Waals surface area contributed by atoms with Crippen LogP contribution in [0.5, 0.6) is 5.75 Å². The molecule has 170 valence electrons. The summed E-state index contributed by atoms with van der Waals surface area (Å²) in [5.74, 6) is -0.189. The van der Waals surface area contributed by atoms with Crippen molar-refractivity contribution in [3.63, 3.8) is 0 Å². The zero-order valence-corrected chi connectivity index (χ0v) is 18.7. The summed E-state index contributed by atoms with van der Waals surface area (Å²) < 4.78 is 15.8. The fraction of sp³-hybridized carbons (Fsp3) is 0.333. The van der Waals surface area contributed by atoms with Gasteiger partial charge in [-0.15, -0.1) is 6.58 Å². The Kier molecular flexibility index (Phi) is 8.52. The molecule has 0 aliphatic heterocycles. The van der Waals surface area contributed by atoms with E-state index in [0.717, 1.165) is 6.29 Å². The first-order chi connectivity index (χ1) is 15.2. The number of nitrogens with one attached hydrogen (secondary N) is 1. The van der Waals surface area contributed by atoms with Crippen molar-refractivity contribution >= 4 is 29.3 Å². The van der Waals surface area contributed by atoms with Crippen LogP contribution in [0.15, 0.2) is 49.3 Å². The van der Waals surface area contributed by atoms with Crippen molar-refractivity contribution in [1.82, 2.24) is 10.3 Å². The number of esters is 1. The zero-order valence-electron chi connectivity index (χ0n) is 18.7. The van der Waals surface area contributed by atoms with E-state index in [1.165, 1.54) is 13.4 Å². The van der Waals surface area contributed by atoms with Crippen molar-refractivity contribution < 1.29 is 28.6 Å². The molecule has 32 heavy (non-hydrogen) atoms. The molecule has 0 radical (unpaired) electrons. The minimum atomic E-state index is -1.05. The van der Waals surface area contributed by atoms with E-state index < -0.39 is 23.7 Å². The van der Waals surface area contributed by atoms with E-state index >= 15 is 0 Å². The van der Waals surface area contributed by atoms with Crippen LogP contribution in [0, 0.1) is 0 Å². The summed E-state index contributed by atoms with van der Waals surface area (Å²) in [6, 6.07) is 5.65. The second kappa shape index (κ2) is 11.1. The Balaban J connectivity index is 2.33. The van der Waals surface area contributed by atoms with Crippen LogP contribution in [-0.2, 0) is 20.7 Å². The number of carbonyl (C=O) groups excluding carboxylic acids is 3. The van der Waals surface area contributed by atoms with Gasteiger partial charge in [-0.05, 0) is 51.5 Å². The smallest absolute Gasteiger partial charge is 0.408 e. The van der Waals surface area contributed by atoms with Gasteiger partial charge < -0.3 is 19.5 Å². The molecule has 2 aromatic rings. The maximum absolute atomic E-state index is 12.6. The molecule has 0 saturated heterocycles. The van der Waals surface area contributed by atoms with E-state index in [9.17, 15) is 14.4 Å². The molecule has 0 bridgehead atoms. The van der Waals surface area contributed by atoms with Crippen LogP contribution in [0.1, 0.15) is 43.2 Å². The maximum Gasteiger partial charge on any atom is 0.408 e. The van der Waals surface area contributed by atoms with Crippen molar-refractivity contribution in [1.29, 1.82) is 0 Å². The molecule has 1 heterocycles. The van der Waals surface area contributed by atoms with Crippen LogP contribution in [0.2, 0.25) is 0 Å². The molecule has 8 heteroatoms. The van der Waals surface area contributed by atoms with Gasteiger partial charge in [0.05, 0.1) is 13.4 Å². The Bertz CT molecular complexity index is 1020. The molecule has 8 nitrogen and oxygen atoms in total. The molecular weight excluding hydrogens is 412 g/mol. The van der Waals surface area contributed by atoms with Gasteiger partial charge in [-0.3, -0.25) is 4.79 Å². The van der Waals surface area contributed by atoms with E-state index in [1.54, 1.807) is 57.2 Å². The summed E-state index contributed by atoms with van der Waals surface area (Å²) in [6.07, 6.45) is 5.08. The lowest BCUT2D eigenvalue weighted by molar-refractivity contribution is -0.140. The standard InChI is InChI=1S/C24H28N2O6/c1-6-7-8-13-31-22(28)19(26-23(29)32-24(2,3)4)14-17-10-11-18-16(15-27)9-12-20(30-5)21(18)25-17/h6,8-13,15,19H,1,7,14H2,2-5H3,(H,26,29)/t19-/m0/s1. The molecule has 0 aliphatic carbocycles. The highest BCUT2D eigenvalue weighted by Gasteiger charge is 2.26. The minimum absolute atomic E-state index is 0.0395. The highest BCUT2D eigenvalue weighted by Crippen LogP contribution is 2.26. The molecule has 2 rings (SSSR count). The van der Waals surface area contributed by atoms with Crippen LogP contribution >= 0.6 is 0 Å². The molecule has 0 saturated carbocycles. The molecule has 1 aromatic heterocycles. The van der Waals surface area contributed by atoms with Crippen LogP contribution < -0.4 is 10.1 Å². The number of hydrogen-bond acceptors (Lipinski definition) is 7. The van der Waals surface area contributed by atoms with Gasteiger partial charge in [-0.25, -0.2) is 14.6 Å². The van der Waals surface area contributed by atoms with Crippen LogP contribution in [0.25, 0.3) is 10.9 Å². The highest BCUT2D eigenvalue weighted by molar-refractivity contribution is 5.99. The topological polar surface area (TPSA) is 104 Å². The fourth-order valence-electron chi connectivity index (χ4n) is 2.84. The van der Waals surface area contributed by atoms with Gasteiger partial charge in [0, 0.05) is 23.1 Å². The number of amides is 1. The van der Waals surface area contributed by atoms with E-state index in [2.05, 4.69) is 16.9 Å². The van der Waals surface area contributed by atoms with Crippen molar-refractivity contribution in [3.8, 4) is 5.75 Å². The average Bonchev–Trinajstić information content (AvgIpc) is 2.73. The van der Waals surface area contributed by atoms with Crippen LogP contribution in [-0.4, -0.2) is 42.1 Å². The van der Waals surface area contributed by atoms with Gasteiger partial charge >= 0.3 is 12.1 Å². The number of alkyl carbamates (subject to hydrolysis) is 1. The normalized spacial score (nSPS) is 12.2. The third-order valence-electron chi connectivity index (χ3n) is 4.23. The number of fused-ring (bicyclic) bond motifs is 1. The highest BCUT2D eigenvalue weighted by atomic mass is 16.6. The predicted octanol–water partition coefficient (Wildman–Crippen LogP) is 4.12. The Labute approximate surface area is 187 Å². The Hall–Kier alpha value is -3.68. The molecule has 1 atom stereocenters. The summed E-state index contributed by atoms with van der Waals surface area (Å²) in [4.78, 5) is 40.8. The monoisotopic (exact) mass is 440 g/mol. The van der Waals surface area contributed by atoms with Gasteiger partial charge in [0.2, 0.25) is 0 Å². The molecule has 0 spiro atoms. The molecular formula is C24H28N2O6. The summed E-state index contributed by atoms with van der Waals surface area (Å²) >= 11 is 0. The van der Waals surface area contributed by atoms with Gasteiger partial charge in [-0.2, -0.15) is 0 Å². The number of ether oxygens (including phenoxy) is 3. The number of carbonyl (C=O) groups is 3. The number of pyridine rings is 1. The molecule has 0 aliphatic rings. The zero-order chi connectivity index (χ0) is 23.7. The number of allylic oxidation sites excluding steroid dienone is 2. The number of rotatable bonds is 9. The Morgan fingerprint density at radius 1 is 1.22 bits per heavy atom. The number of methoxy groups -OCH3 is 1. The maximum atomic E-state index is 12.6. The van der Waals surface area contributed by atoms with Crippen molar-refractivity contribution in [2.24, 2.45) is 0 Å². The number of benzene rings is 1. The lowest BCUT2D eigenvalue weighted by Crippen LogP contribution is -2.45. The van der Waals surface area contributed by atoms with E-state index in [-0.39, 0.29) is 6.42 Å². The van der Waals surface area contributed by atoms with E-state index in [4.69, 9.17) is 14.2 Å². The van der Waals surface area contributed by atoms with Gasteiger partial charge in [0.15, 0.2) is 6.29 Å². The molecule has 0 fully saturated rings. The van der Waals surface area contributed by atoms with E-state index in [0.29, 0.717) is 34.3 Å². The largest absolute Gasteiger partial charge is 0.494 e. The lowest BCUT2D eigenvalue weighted by Gasteiger charge is -2.22. The van der Waals surface area contributed by atoms with Gasteiger partial charge in [-0.1, -0.05) is 12.1 Å². The number of aldehydes is 1. The van der Waals surface area contributed by atoms with Crippen LogP contribution in [0.4, 0.5) is 4.79 Å². The lowest BCUT2D eigenvalue weighted by atomic mass is 10.1. The summed E-state index contributed by atoms with van der Waals surface area (Å²) in [5.41, 5.74) is 0.703. The fourth-order valence-corrected chi connectivity index (χ4v) is 2.84. The average molecular weight is 440 g/mol. The van der Waals surface area contributed by atoms with Gasteiger partial charge in [0.1, 0.15) is 22.9 Å². The number of nitrogens with zero attached hydrogens (tertiary/aromatic N) is 1. The van der Waals surface area contributed by atoms with Crippen molar-refractivity contribution in [3.05, 3.63) is 60.5 Å². The van der Waals surface area contributed by atoms with E-state index in [1.807, 2.05) is 0 Å². The molecule has 1 amide bonds. The van der Waals surface area contributed by atoms with Gasteiger partial charge in [0.25, 0.3) is 0 Å². The molecule has 1 aromatic carbocycles. The quantitative estimate of drug-likeness (QED) is 0.271. The number of hydrogen-bond donors (Lipinski definition) is 1. The van der Waals surface area contributed by atoms with Crippen LogP contribution in [0.3, 0.4) is 0 Å². The van der Waals surface area contributed by atoms with Crippen molar-refractivity contribution in [2.45, 2.75) is 45.3 Å². The molecule has 0 unspecified atom stereocenters. The minimum Gasteiger partial charge on any atom is -0.494 e. The summed E-state index contributed by atoms with van der Waals surface area (Å²) in [5, 5.41) is 3.16. The van der Waals surface area contributed by atoms with Crippen molar-refractivity contribution in [2.75, 3.05) is 7.11 Å². The first-order valence-electron chi connectivity index (χ1n) is 10.1. The third kappa shape index (κ3) is 6.94. The Morgan fingerprint density at radius 3 is 2.59 bits per heavy atom. The second-order valence-electron chi connectivity index (χ2n) is 7.91. The molecule has 1 N–H and O–H groups in total.